The fourth-order valence-corrected chi connectivity index (χ4v) is 8.43. The Kier molecular flexibility index (Phi) is 11.8. The van der Waals surface area contributed by atoms with Gasteiger partial charge >= 0.3 is 0 Å². The van der Waals surface area contributed by atoms with Crippen molar-refractivity contribution in [3.05, 3.63) is 54.5 Å². The maximum absolute atomic E-state index is 16.0. The van der Waals surface area contributed by atoms with Crippen molar-refractivity contribution in [2.45, 2.75) is 115 Å². The minimum absolute atomic E-state index is 0.0957. The van der Waals surface area contributed by atoms with Crippen LogP contribution in [-0.4, -0.2) is 63.5 Å². The van der Waals surface area contributed by atoms with Crippen molar-refractivity contribution in [3.8, 4) is 0 Å². The van der Waals surface area contributed by atoms with Crippen molar-refractivity contribution in [1.82, 2.24) is 14.9 Å². The number of carbonyl (C=O) groups is 1. The maximum atomic E-state index is 16.0. The van der Waals surface area contributed by atoms with Gasteiger partial charge in [0, 0.05) is 35.4 Å². The Labute approximate surface area is 250 Å². The zero-order valence-electron chi connectivity index (χ0n) is 25.6. The number of carbonyl (C=O) groups excluding carboxylic acids is 1. The average Bonchev–Trinajstić information content (AvgIpc) is 3.19. The van der Waals surface area contributed by atoms with Gasteiger partial charge in [-0.2, -0.15) is 0 Å². The second kappa shape index (κ2) is 14.9. The largest absolute Gasteiger partial charge is 0.349 e. The quantitative estimate of drug-likeness (QED) is 0.140. The molecule has 0 radical (unpaired) electrons. The second-order valence-electron chi connectivity index (χ2n) is 11.4. The van der Waals surface area contributed by atoms with Gasteiger partial charge in [0.2, 0.25) is 0 Å². The number of hydrogen-bond acceptors (Lipinski definition) is 8. The number of rotatable bonds is 13. The van der Waals surface area contributed by atoms with E-state index < -0.39 is 33.1 Å². The molecule has 1 fully saturated rings. The molecule has 0 bridgehead atoms. The van der Waals surface area contributed by atoms with E-state index in [9.17, 15) is 4.79 Å². The molecule has 1 amide bonds. The van der Waals surface area contributed by atoms with Gasteiger partial charge in [-0.05, 0) is 59.1 Å². The van der Waals surface area contributed by atoms with Gasteiger partial charge in [0.1, 0.15) is 11.9 Å². The van der Waals surface area contributed by atoms with E-state index in [2.05, 4.69) is 89.3 Å². The molecule has 1 aromatic rings. The number of alkyl halides is 1. The molecule has 3 rings (SSSR count). The van der Waals surface area contributed by atoms with E-state index in [0.717, 1.165) is 12.8 Å². The van der Waals surface area contributed by atoms with Crippen LogP contribution < -0.4 is 5.32 Å². The molecule has 1 N–H and O–H groups in total. The summed E-state index contributed by atoms with van der Waals surface area (Å²) < 4.78 is 45.0. The molecule has 2 heterocycles. The zero-order chi connectivity index (χ0) is 30.3. The Morgan fingerprint density at radius 1 is 1.27 bits per heavy atom. The molecule has 5 atom stereocenters. The van der Waals surface area contributed by atoms with Crippen molar-refractivity contribution in [2.75, 3.05) is 6.61 Å². The van der Waals surface area contributed by atoms with Crippen LogP contribution in [0.3, 0.4) is 0 Å². The first-order valence-electron chi connectivity index (χ1n) is 14.4. The highest BCUT2D eigenvalue weighted by molar-refractivity contribution is 8.77. The Morgan fingerprint density at radius 3 is 2.60 bits per heavy atom. The van der Waals surface area contributed by atoms with Crippen molar-refractivity contribution < 1.29 is 24.3 Å². The highest BCUT2D eigenvalue weighted by Crippen LogP contribution is 2.50. The lowest BCUT2D eigenvalue weighted by Crippen LogP contribution is -2.45. The molecule has 0 saturated carbocycles. The number of benzene rings is 1. The van der Waals surface area contributed by atoms with Crippen LogP contribution in [0.25, 0.3) is 0 Å². The van der Waals surface area contributed by atoms with Crippen LogP contribution in [0.5, 0.6) is 0 Å². The Hall–Kier alpha value is -1.13. The molecule has 2 aliphatic rings. The Bertz CT molecular complexity index is 1050. The number of ether oxygens (including phenoxy) is 1. The molecule has 0 spiro atoms. The van der Waals surface area contributed by atoms with Gasteiger partial charge in [-0.1, -0.05) is 67.1 Å². The molecule has 0 aliphatic carbocycles. The molecular weight excluding hydrogens is 568 g/mol. The number of hydrogen-bond donors (Lipinski definition) is 1. The first-order valence-corrected chi connectivity index (χ1v) is 17.0. The maximum Gasteiger partial charge on any atom is 0.259 e. The highest BCUT2D eigenvalue weighted by atomic mass is 33.1. The molecule has 1 saturated heterocycles. The van der Waals surface area contributed by atoms with Crippen LogP contribution in [-0.2, 0) is 25.0 Å². The Balaban J connectivity index is 1.70. The Morgan fingerprint density at radius 2 is 1.98 bits per heavy atom. The minimum Gasteiger partial charge on any atom is -0.349 e. The second-order valence-corrected chi connectivity index (χ2v) is 15.8. The third kappa shape index (κ3) is 9.18. The fourth-order valence-electron chi connectivity index (χ4n) is 4.36. The standard InChI is InChI=1S/C29H45FN3O4PS2/c1-19(2)33(20(3)4)38(35-18-12-14-23-13-10-11-15-24(23)39-40-29(7,8)9)37-27-21(5)36-28(26(27)30)32-17-16-25(34)31-22(32)6/h10-11,13,15-17,19-21,26-28H,6,12,14,18H2,1-5,7-9H3,(H,31,34)/t21-,26?,27+,28-,38?/m1/s1/i5D. The molecule has 2 aliphatic heterocycles. The minimum atomic E-state index is -1.65. The van der Waals surface area contributed by atoms with Gasteiger partial charge in [0.25, 0.3) is 14.4 Å². The van der Waals surface area contributed by atoms with Crippen molar-refractivity contribution in [3.63, 3.8) is 0 Å². The van der Waals surface area contributed by atoms with Crippen LogP contribution >= 0.6 is 30.1 Å². The number of nitrogens with zero attached hydrogens (tertiary/aromatic N) is 2. The predicted octanol–water partition coefficient (Wildman–Crippen LogP) is 7.41. The summed E-state index contributed by atoms with van der Waals surface area (Å²) in [7, 11) is 2.01. The monoisotopic (exact) mass is 614 g/mol. The predicted molar refractivity (Wildman–Crippen MR) is 165 cm³/mol. The molecule has 2 unspecified atom stereocenters. The molecule has 7 nitrogen and oxygen atoms in total. The lowest BCUT2D eigenvalue weighted by Gasteiger charge is -2.37. The topological polar surface area (TPSA) is 63.3 Å². The van der Waals surface area contributed by atoms with Crippen molar-refractivity contribution in [2.24, 2.45) is 0 Å². The van der Waals surface area contributed by atoms with Crippen LogP contribution in [0.2, 0.25) is 0 Å². The summed E-state index contributed by atoms with van der Waals surface area (Å²) in [4.78, 5) is 14.4. The van der Waals surface area contributed by atoms with Crippen LogP contribution in [0.4, 0.5) is 4.39 Å². The molecular formula is C29H45FN3O4PS2. The van der Waals surface area contributed by atoms with E-state index in [1.807, 2.05) is 10.8 Å². The summed E-state index contributed by atoms with van der Waals surface area (Å²) in [6.45, 7) is 19.0. The van der Waals surface area contributed by atoms with E-state index in [1.54, 1.807) is 10.8 Å². The van der Waals surface area contributed by atoms with Crippen molar-refractivity contribution in [1.29, 1.82) is 0 Å². The van der Waals surface area contributed by atoms with E-state index in [-0.39, 0.29) is 35.5 Å². The molecule has 0 aromatic heterocycles. The normalized spacial score (nSPS) is 24.8. The summed E-state index contributed by atoms with van der Waals surface area (Å²) in [6, 6.07) is 8.64. The summed E-state index contributed by atoms with van der Waals surface area (Å²) in [5.74, 6) is -0.113. The SMILES string of the molecule is [2H]C[C@H]1O[C@@H](N2C=CC(=O)NC2=C)C(F)[C@H]1OP(OCCCc1ccccc1SSC(C)(C)C)N(C(C)C)C(C)C. The summed E-state index contributed by atoms with van der Waals surface area (Å²) in [6.07, 6.45) is -0.0720. The first-order chi connectivity index (χ1) is 19.3. The van der Waals surface area contributed by atoms with Gasteiger partial charge in [-0.15, -0.1) is 0 Å². The summed E-state index contributed by atoms with van der Waals surface area (Å²) in [5.41, 5.74) is 1.28. The number of amides is 1. The highest BCUT2D eigenvalue weighted by Gasteiger charge is 2.49. The fraction of sp³-hybridized carbons (Fsp3) is 0.621. The zero-order valence-corrected chi connectivity index (χ0v) is 27.2. The molecule has 11 heteroatoms. The van der Waals surface area contributed by atoms with Gasteiger partial charge in [0.15, 0.2) is 12.4 Å². The van der Waals surface area contributed by atoms with Crippen LogP contribution in [0, 0.1) is 0 Å². The number of aryl methyl sites for hydroxylation is 1. The van der Waals surface area contributed by atoms with Crippen molar-refractivity contribution >= 4 is 36.0 Å². The molecule has 40 heavy (non-hydrogen) atoms. The third-order valence-electron chi connectivity index (χ3n) is 6.11. The molecule has 224 valence electrons. The van der Waals surface area contributed by atoms with Crippen LogP contribution in [0.1, 0.15) is 68.7 Å². The van der Waals surface area contributed by atoms with E-state index in [0.29, 0.717) is 6.61 Å². The molecule has 1 aromatic carbocycles. The van der Waals surface area contributed by atoms with Crippen LogP contribution in [0.15, 0.2) is 53.8 Å². The number of nitrogens with one attached hydrogen (secondary N) is 1. The van der Waals surface area contributed by atoms with Gasteiger partial charge in [0.05, 0.1) is 12.7 Å². The lowest BCUT2D eigenvalue weighted by atomic mass is 10.1. The third-order valence-corrected chi connectivity index (χ3v) is 11.7. The summed E-state index contributed by atoms with van der Waals surface area (Å²) >= 11 is 0. The van der Waals surface area contributed by atoms with E-state index >= 15 is 4.39 Å². The van der Waals surface area contributed by atoms with Gasteiger partial charge in [-0.25, -0.2) is 9.06 Å². The first kappa shape index (κ1) is 31.8. The van der Waals surface area contributed by atoms with E-state index in [4.69, 9.17) is 15.2 Å². The van der Waals surface area contributed by atoms with Gasteiger partial charge < -0.3 is 24.0 Å². The summed E-state index contributed by atoms with van der Waals surface area (Å²) in [5, 5.41) is 2.57. The average molecular weight is 615 g/mol. The lowest BCUT2D eigenvalue weighted by molar-refractivity contribution is -0.117. The van der Waals surface area contributed by atoms with Gasteiger partial charge in [-0.3, -0.25) is 4.79 Å². The smallest absolute Gasteiger partial charge is 0.259 e. The van der Waals surface area contributed by atoms with E-state index in [1.165, 1.54) is 27.6 Å². The number of halogens is 1.